The molecule has 0 N–H and O–H groups in total. The lowest BCUT2D eigenvalue weighted by Gasteiger charge is -2.07. The van der Waals surface area contributed by atoms with E-state index in [0.29, 0.717) is 17.7 Å². The maximum atomic E-state index is 12.5. The smallest absolute Gasteiger partial charge is 0.342 e. The Morgan fingerprint density at radius 1 is 0.957 bits per heavy atom. The highest BCUT2D eigenvalue weighted by Gasteiger charge is 2.32. The van der Waals surface area contributed by atoms with Gasteiger partial charge in [-0.1, -0.05) is 43.7 Å². The molecule has 0 saturated heterocycles. The molecule has 0 radical (unpaired) electrons. The molecule has 0 atom stereocenters. The van der Waals surface area contributed by atoms with Gasteiger partial charge in [-0.3, -0.25) is 0 Å². The summed E-state index contributed by atoms with van der Waals surface area (Å²) in [6.07, 6.45) is 1.71. The van der Waals surface area contributed by atoms with Crippen LogP contribution in [0.15, 0.2) is 30.3 Å². The maximum Gasteiger partial charge on any atom is 0.342 e. The van der Waals surface area contributed by atoms with E-state index in [4.69, 9.17) is 14.2 Å². The highest BCUT2D eigenvalue weighted by molar-refractivity contribution is 6.12. The summed E-state index contributed by atoms with van der Waals surface area (Å²) in [5.74, 6) is -0.855. The molecular weight excluding hydrogens is 296 g/mol. The zero-order valence-electron chi connectivity index (χ0n) is 13.5. The number of fused-ring (bicyclic) bond motifs is 1. The van der Waals surface area contributed by atoms with Gasteiger partial charge in [0.15, 0.2) is 0 Å². The second-order valence-electron chi connectivity index (χ2n) is 5.00. The van der Waals surface area contributed by atoms with Crippen LogP contribution < -0.4 is 4.74 Å². The number of hydrogen-bond acceptors (Lipinski definition) is 5. The number of ether oxygens (including phenoxy) is 3. The first-order valence-corrected chi connectivity index (χ1v) is 7.49. The summed E-state index contributed by atoms with van der Waals surface area (Å²) in [6, 6.07) is 8.93. The minimum Gasteiger partial charge on any atom is -0.495 e. The van der Waals surface area contributed by atoms with Gasteiger partial charge in [-0.15, -0.1) is 0 Å². The second kappa shape index (κ2) is 7.63. The van der Waals surface area contributed by atoms with Crippen LogP contribution in [0.3, 0.4) is 0 Å². The van der Waals surface area contributed by atoms with E-state index in [-0.39, 0.29) is 16.9 Å². The van der Waals surface area contributed by atoms with Crippen LogP contribution in [0.25, 0.3) is 11.1 Å². The van der Waals surface area contributed by atoms with Gasteiger partial charge in [0.25, 0.3) is 0 Å². The van der Waals surface area contributed by atoms with Crippen LogP contribution in [0.4, 0.5) is 0 Å². The minimum atomic E-state index is -0.550. The van der Waals surface area contributed by atoms with Gasteiger partial charge in [-0.05, 0) is 6.42 Å². The van der Waals surface area contributed by atoms with Crippen molar-refractivity contribution in [3.05, 3.63) is 41.5 Å². The Labute approximate surface area is 135 Å². The Kier molecular flexibility index (Phi) is 5.57. The molecule has 2 aliphatic rings. The fourth-order valence-electron chi connectivity index (χ4n) is 2.45. The zero-order valence-corrected chi connectivity index (χ0v) is 13.5. The fourth-order valence-corrected chi connectivity index (χ4v) is 2.45. The van der Waals surface area contributed by atoms with Crippen LogP contribution in [0.1, 0.15) is 40.5 Å². The molecule has 5 nitrogen and oxygen atoms in total. The lowest BCUT2D eigenvalue weighted by Crippen LogP contribution is -2.08. The average Bonchev–Trinajstić information content (AvgIpc) is 2.70. The number of esters is 2. The molecule has 0 heterocycles. The Balaban J connectivity index is 2.60. The van der Waals surface area contributed by atoms with Gasteiger partial charge in [0.2, 0.25) is 0 Å². The van der Waals surface area contributed by atoms with E-state index in [1.54, 1.807) is 24.3 Å². The summed E-state index contributed by atoms with van der Waals surface area (Å²) < 4.78 is 15.5. The van der Waals surface area contributed by atoms with Crippen LogP contribution >= 0.6 is 0 Å². The van der Waals surface area contributed by atoms with E-state index in [1.165, 1.54) is 14.2 Å². The molecule has 23 heavy (non-hydrogen) atoms. The number of unbranched alkanes of at least 4 members (excludes halogenated alkanes) is 1. The largest absolute Gasteiger partial charge is 0.495 e. The van der Waals surface area contributed by atoms with Crippen molar-refractivity contribution in [3.8, 4) is 16.9 Å². The van der Waals surface area contributed by atoms with E-state index < -0.39 is 11.9 Å². The van der Waals surface area contributed by atoms with Crippen LogP contribution in [-0.2, 0) is 9.47 Å². The number of methoxy groups -OCH3 is 2. The maximum absolute atomic E-state index is 12.5. The zero-order chi connectivity index (χ0) is 16.8. The van der Waals surface area contributed by atoms with Crippen molar-refractivity contribution in [2.75, 3.05) is 20.8 Å². The summed E-state index contributed by atoms with van der Waals surface area (Å²) in [7, 11) is 2.71. The summed E-state index contributed by atoms with van der Waals surface area (Å²) >= 11 is 0. The molecular formula is C18H20O5. The van der Waals surface area contributed by atoms with Gasteiger partial charge in [0.05, 0.1) is 20.8 Å². The van der Waals surface area contributed by atoms with Crippen LogP contribution in [-0.4, -0.2) is 32.8 Å². The first-order valence-electron chi connectivity index (χ1n) is 7.49. The number of rotatable bonds is 6. The topological polar surface area (TPSA) is 61.8 Å². The van der Waals surface area contributed by atoms with Crippen molar-refractivity contribution in [2.24, 2.45) is 0 Å². The lowest BCUT2D eigenvalue weighted by molar-refractivity contribution is 0.0497. The van der Waals surface area contributed by atoms with E-state index >= 15 is 0 Å². The molecule has 0 aromatic carbocycles. The third-order valence-electron chi connectivity index (χ3n) is 3.56. The summed E-state index contributed by atoms with van der Waals surface area (Å²) in [5, 5.41) is 0. The Hall–Kier alpha value is -2.56. The highest BCUT2D eigenvalue weighted by atomic mass is 16.5. The van der Waals surface area contributed by atoms with Crippen LogP contribution in [0.2, 0.25) is 0 Å². The van der Waals surface area contributed by atoms with Gasteiger partial charge in [0, 0.05) is 11.1 Å². The molecule has 5 heteroatoms. The molecule has 0 spiro atoms. The number of hydrogen-bond donors (Lipinski definition) is 0. The van der Waals surface area contributed by atoms with E-state index in [1.807, 2.05) is 13.0 Å². The monoisotopic (exact) mass is 316 g/mol. The van der Waals surface area contributed by atoms with E-state index in [0.717, 1.165) is 12.8 Å². The molecule has 0 aliphatic heterocycles. The minimum absolute atomic E-state index is 0.194. The molecule has 0 amide bonds. The van der Waals surface area contributed by atoms with Gasteiger partial charge < -0.3 is 14.2 Å². The molecule has 122 valence electrons. The first-order chi connectivity index (χ1) is 11.2. The number of carbonyl (C=O) groups excluding carboxylic acids is 2. The number of carbonyl (C=O) groups is 2. The van der Waals surface area contributed by atoms with E-state index in [9.17, 15) is 9.59 Å². The summed E-state index contributed by atoms with van der Waals surface area (Å²) in [6.45, 7) is 2.35. The van der Waals surface area contributed by atoms with Gasteiger partial charge in [-0.2, -0.15) is 0 Å². The third kappa shape index (κ3) is 3.28. The molecule has 0 aromatic heterocycles. The molecule has 0 aromatic rings. The molecule has 2 rings (SSSR count). The normalized spacial score (nSPS) is 10.4. The first kappa shape index (κ1) is 16.8. The Bertz CT molecular complexity index is 677. The van der Waals surface area contributed by atoms with Crippen molar-refractivity contribution in [1.29, 1.82) is 0 Å². The second-order valence-corrected chi connectivity index (χ2v) is 5.00. The van der Waals surface area contributed by atoms with Gasteiger partial charge in [0.1, 0.15) is 16.9 Å². The third-order valence-corrected chi connectivity index (χ3v) is 3.56. The quantitative estimate of drug-likeness (QED) is 0.602. The Morgan fingerprint density at radius 2 is 1.57 bits per heavy atom. The highest BCUT2D eigenvalue weighted by Crippen LogP contribution is 2.42. The van der Waals surface area contributed by atoms with Crippen LogP contribution in [0.5, 0.6) is 5.75 Å². The van der Waals surface area contributed by atoms with Crippen molar-refractivity contribution in [3.63, 3.8) is 0 Å². The summed E-state index contributed by atoms with van der Waals surface area (Å²) in [4.78, 5) is 24.6. The molecule has 2 aliphatic carbocycles. The van der Waals surface area contributed by atoms with Crippen molar-refractivity contribution >= 4 is 11.9 Å². The van der Waals surface area contributed by atoms with Crippen molar-refractivity contribution in [1.82, 2.24) is 0 Å². The van der Waals surface area contributed by atoms with Gasteiger partial charge in [-0.25, -0.2) is 9.59 Å². The predicted octanol–water partition coefficient (Wildman–Crippen LogP) is 3.54. The predicted molar refractivity (Wildman–Crippen MR) is 86.1 cm³/mol. The fraction of sp³-hybridized carbons (Fsp3) is 0.333. The van der Waals surface area contributed by atoms with Crippen molar-refractivity contribution < 1.29 is 23.8 Å². The van der Waals surface area contributed by atoms with Crippen LogP contribution in [0, 0.1) is 0 Å². The molecule has 0 fully saturated rings. The van der Waals surface area contributed by atoms with Crippen molar-refractivity contribution in [2.45, 2.75) is 19.8 Å². The Morgan fingerprint density at radius 3 is 2.09 bits per heavy atom. The average molecular weight is 316 g/mol. The molecule has 0 bridgehead atoms. The van der Waals surface area contributed by atoms with E-state index in [2.05, 4.69) is 0 Å². The molecule has 0 saturated carbocycles. The van der Waals surface area contributed by atoms with Gasteiger partial charge >= 0.3 is 11.9 Å². The molecule has 0 unspecified atom stereocenters. The SMILES string of the molecule is CCCCOC(=O)c1c2cccccc-2c(C(=O)OC)c1OC. The summed E-state index contributed by atoms with van der Waals surface area (Å²) in [5.41, 5.74) is 1.70. The standard InChI is InChI=1S/C18H20O5/c1-4-5-11-23-18(20)15-13-10-8-6-7-9-12(13)14(16(15)21-2)17(19)22-3/h6-10H,4-5,11H2,1-3H3. The lowest BCUT2D eigenvalue weighted by atomic mass is 10.1.